The number of unbranched alkanes of at least 4 members (excludes halogenated alkanes) is 11. The highest BCUT2D eigenvalue weighted by Gasteiger charge is 2.03. The Morgan fingerprint density at radius 2 is 0.931 bits per heavy atom. The van der Waals surface area contributed by atoms with Crippen LogP contribution in [0.1, 0.15) is 116 Å². The van der Waals surface area contributed by atoms with E-state index < -0.39 is 5.97 Å². The van der Waals surface area contributed by atoms with Gasteiger partial charge < -0.3 is 15.7 Å². The first-order valence-electron chi connectivity index (χ1n) is 11.8. The zero-order valence-electron chi connectivity index (χ0n) is 18.6. The van der Waals surface area contributed by atoms with Gasteiger partial charge in [-0.15, -0.1) is 0 Å². The van der Waals surface area contributed by atoms with Crippen LogP contribution >= 0.6 is 0 Å². The second kappa shape index (κ2) is 21.1. The molecule has 0 radical (unpaired) electrons. The first-order chi connectivity index (χ1) is 14.1. The van der Waals surface area contributed by atoms with Crippen molar-refractivity contribution in [2.75, 3.05) is 13.1 Å². The Hall–Kier alpha value is -1.59. The number of amides is 2. The van der Waals surface area contributed by atoms with Crippen LogP contribution in [0.15, 0.2) is 0 Å². The maximum absolute atomic E-state index is 11.8. The number of carbonyl (C=O) groups is 3. The van der Waals surface area contributed by atoms with E-state index >= 15 is 0 Å². The lowest BCUT2D eigenvalue weighted by Gasteiger charge is -2.06. The van der Waals surface area contributed by atoms with Gasteiger partial charge in [-0.2, -0.15) is 0 Å². The first kappa shape index (κ1) is 27.4. The van der Waals surface area contributed by atoms with E-state index in [-0.39, 0.29) is 11.8 Å². The molecule has 0 aliphatic heterocycles. The summed E-state index contributed by atoms with van der Waals surface area (Å²) < 4.78 is 0. The molecule has 0 aromatic carbocycles. The van der Waals surface area contributed by atoms with Crippen molar-refractivity contribution in [1.82, 2.24) is 10.6 Å². The van der Waals surface area contributed by atoms with Crippen molar-refractivity contribution in [3.05, 3.63) is 0 Å². The molecule has 170 valence electrons. The summed E-state index contributed by atoms with van der Waals surface area (Å²) in [5.74, 6) is -0.520. The van der Waals surface area contributed by atoms with Gasteiger partial charge in [0.05, 0.1) is 0 Å². The van der Waals surface area contributed by atoms with Gasteiger partial charge >= 0.3 is 5.97 Å². The minimum absolute atomic E-state index is 0.0665. The van der Waals surface area contributed by atoms with Gasteiger partial charge in [-0.3, -0.25) is 14.4 Å². The van der Waals surface area contributed by atoms with E-state index in [1.165, 1.54) is 44.9 Å². The molecule has 6 nitrogen and oxygen atoms in total. The number of rotatable bonds is 21. The maximum atomic E-state index is 11.8. The molecule has 0 rings (SSSR count). The zero-order valence-corrected chi connectivity index (χ0v) is 18.6. The number of carboxylic acids is 1. The first-order valence-corrected chi connectivity index (χ1v) is 11.8. The molecule has 0 aliphatic rings. The maximum Gasteiger partial charge on any atom is 0.303 e. The van der Waals surface area contributed by atoms with Gasteiger partial charge in [0.25, 0.3) is 0 Å². The van der Waals surface area contributed by atoms with E-state index in [0.29, 0.717) is 32.2 Å². The average Bonchev–Trinajstić information content (AvgIpc) is 2.69. The molecule has 6 heteroatoms. The Morgan fingerprint density at radius 1 is 0.552 bits per heavy atom. The van der Waals surface area contributed by atoms with Crippen LogP contribution in [0.5, 0.6) is 0 Å². The minimum atomic E-state index is -0.686. The number of hydrogen-bond donors (Lipinski definition) is 3. The number of carbonyl (C=O) groups excluding carboxylic acids is 2. The molecule has 0 atom stereocenters. The molecule has 0 saturated heterocycles. The standard InChI is InChI=1S/C23H44N2O4/c1-2-19-24-22(27)17-15-20-25-21(26)16-13-11-9-7-5-3-4-6-8-10-12-14-18-23(28)29/h2-20H2,1H3,(H,24,27)(H,25,26)(H,28,29). The van der Waals surface area contributed by atoms with Crippen LogP contribution in [-0.4, -0.2) is 36.0 Å². The zero-order chi connectivity index (χ0) is 21.6. The Bertz CT molecular complexity index is 427. The highest BCUT2D eigenvalue weighted by molar-refractivity contribution is 5.77. The molecule has 0 aromatic rings. The lowest BCUT2D eigenvalue weighted by molar-refractivity contribution is -0.137. The topological polar surface area (TPSA) is 95.5 Å². The molecule has 0 spiro atoms. The number of carboxylic acid groups (broad SMARTS) is 1. The van der Waals surface area contributed by atoms with Gasteiger partial charge in [0, 0.05) is 32.4 Å². The van der Waals surface area contributed by atoms with Gasteiger partial charge in [0.2, 0.25) is 11.8 Å². The molecular weight excluding hydrogens is 368 g/mol. The summed E-state index contributed by atoms with van der Waals surface area (Å²) in [6.07, 6.45) is 16.8. The van der Waals surface area contributed by atoms with Crippen LogP contribution in [0.4, 0.5) is 0 Å². The van der Waals surface area contributed by atoms with Crippen LogP contribution in [-0.2, 0) is 14.4 Å². The molecule has 0 aromatic heterocycles. The van der Waals surface area contributed by atoms with Crippen molar-refractivity contribution >= 4 is 17.8 Å². The van der Waals surface area contributed by atoms with Gasteiger partial charge in [0.1, 0.15) is 0 Å². The second-order valence-electron chi connectivity index (χ2n) is 7.94. The SMILES string of the molecule is CCCNC(=O)CCCNC(=O)CCCCCCCCCCCCCCC(=O)O. The van der Waals surface area contributed by atoms with E-state index in [0.717, 1.165) is 45.1 Å². The van der Waals surface area contributed by atoms with Gasteiger partial charge in [-0.25, -0.2) is 0 Å². The van der Waals surface area contributed by atoms with Crippen molar-refractivity contribution in [2.45, 2.75) is 116 Å². The van der Waals surface area contributed by atoms with Crippen LogP contribution in [0.2, 0.25) is 0 Å². The van der Waals surface area contributed by atoms with E-state index in [9.17, 15) is 14.4 Å². The van der Waals surface area contributed by atoms with Crippen molar-refractivity contribution in [1.29, 1.82) is 0 Å². The van der Waals surface area contributed by atoms with E-state index in [1.54, 1.807) is 0 Å². The molecule has 0 aliphatic carbocycles. The third-order valence-corrected chi connectivity index (χ3v) is 5.02. The molecule has 0 unspecified atom stereocenters. The van der Waals surface area contributed by atoms with Crippen molar-refractivity contribution in [3.8, 4) is 0 Å². The molecule has 0 bridgehead atoms. The Morgan fingerprint density at radius 3 is 1.38 bits per heavy atom. The molecule has 0 saturated carbocycles. The lowest BCUT2D eigenvalue weighted by atomic mass is 10.0. The van der Waals surface area contributed by atoms with Crippen molar-refractivity contribution in [2.24, 2.45) is 0 Å². The summed E-state index contributed by atoms with van der Waals surface area (Å²) in [4.78, 5) is 33.6. The lowest BCUT2D eigenvalue weighted by Crippen LogP contribution is -2.27. The predicted molar refractivity (Wildman–Crippen MR) is 118 cm³/mol. The fraction of sp³-hybridized carbons (Fsp3) is 0.870. The van der Waals surface area contributed by atoms with Crippen LogP contribution in [0, 0.1) is 0 Å². The summed E-state index contributed by atoms with van der Waals surface area (Å²) in [6, 6.07) is 0. The second-order valence-corrected chi connectivity index (χ2v) is 7.94. The van der Waals surface area contributed by atoms with Gasteiger partial charge in [0.15, 0.2) is 0 Å². The summed E-state index contributed by atoms with van der Waals surface area (Å²) in [7, 11) is 0. The van der Waals surface area contributed by atoms with Crippen LogP contribution in [0.3, 0.4) is 0 Å². The third-order valence-electron chi connectivity index (χ3n) is 5.02. The molecule has 0 fully saturated rings. The Kier molecular flexibility index (Phi) is 20.0. The van der Waals surface area contributed by atoms with Gasteiger partial charge in [-0.1, -0.05) is 71.1 Å². The van der Waals surface area contributed by atoms with Crippen molar-refractivity contribution in [3.63, 3.8) is 0 Å². The van der Waals surface area contributed by atoms with E-state index in [2.05, 4.69) is 10.6 Å². The quantitative estimate of drug-likeness (QED) is 0.232. The number of aliphatic carboxylic acids is 1. The Labute approximate surface area is 177 Å². The summed E-state index contributed by atoms with van der Waals surface area (Å²) in [5, 5.41) is 14.3. The summed E-state index contributed by atoms with van der Waals surface area (Å²) in [5.41, 5.74) is 0. The fourth-order valence-corrected chi connectivity index (χ4v) is 3.25. The van der Waals surface area contributed by atoms with Crippen molar-refractivity contribution < 1.29 is 19.5 Å². The largest absolute Gasteiger partial charge is 0.481 e. The highest BCUT2D eigenvalue weighted by Crippen LogP contribution is 2.13. The molecule has 0 heterocycles. The average molecular weight is 413 g/mol. The van der Waals surface area contributed by atoms with Gasteiger partial charge in [-0.05, 0) is 25.7 Å². The third kappa shape index (κ3) is 22.6. The molecule has 2 amide bonds. The predicted octanol–water partition coefficient (Wildman–Crippen LogP) is 4.96. The van der Waals surface area contributed by atoms with E-state index in [4.69, 9.17) is 5.11 Å². The normalized spacial score (nSPS) is 10.7. The van der Waals surface area contributed by atoms with Crippen LogP contribution in [0.25, 0.3) is 0 Å². The summed E-state index contributed by atoms with van der Waals surface area (Å²) in [6.45, 7) is 3.33. The highest BCUT2D eigenvalue weighted by atomic mass is 16.4. The smallest absolute Gasteiger partial charge is 0.303 e. The minimum Gasteiger partial charge on any atom is -0.481 e. The summed E-state index contributed by atoms with van der Waals surface area (Å²) >= 11 is 0. The van der Waals surface area contributed by atoms with E-state index in [1.807, 2.05) is 6.92 Å². The number of nitrogens with one attached hydrogen (secondary N) is 2. The molecular formula is C23H44N2O4. The Balaban J connectivity index is 3.23. The molecule has 29 heavy (non-hydrogen) atoms. The fourth-order valence-electron chi connectivity index (χ4n) is 3.25. The molecule has 3 N–H and O–H groups in total. The van der Waals surface area contributed by atoms with Crippen LogP contribution < -0.4 is 10.6 Å². The number of hydrogen-bond acceptors (Lipinski definition) is 3. The monoisotopic (exact) mass is 412 g/mol.